The van der Waals surface area contributed by atoms with Crippen LogP contribution in [0.3, 0.4) is 0 Å². The average Bonchev–Trinajstić information content (AvgIpc) is 2.46. The summed E-state index contributed by atoms with van der Waals surface area (Å²) in [7, 11) is 0. The molecule has 120 valence electrons. The Morgan fingerprint density at radius 1 is 1.50 bits per heavy atom. The molecule has 1 aliphatic heterocycles. The van der Waals surface area contributed by atoms with E-state index in [4.69, 9.17) is 4.74 Å². The number of nitrogens with zero attached hydrogens (tertiary/aromatic N) is 2. The number of aliphatic carboxylic acids is 1. The largest absolute Gasteiger partial charge is 0.481 e. The van der Waals surface area contributed by atoms with E-state index in [1.165, 1.54) is 19.3 Å². The minimum absolute atomic E-state index is 0.237. The molecule has 1 spiro atoms. The van der Waals surface area contributed by atoms with Crippen LogP contribution in [-0.4, -0.2) is 39.7 Å². The van der Waals surface area contributed by atoms with E-state index >= 15 is 0 Å². The zero-order valence-corrected chi connectivity index (χ0v) is 13.1. The Morgan fingerprint density at radius 2 is 2.32 bits per heavy atom. The number of piperidine rings is 1. The predicted molar refractivity (Wildman–Crippen MR) is 82.8 cm³/mol. The highest BCUT2D eigenvalue weighted by molar-refractivity contribution is 5.70. The van der Waals surface area contributed by atoms with Crippen LogP contribution in [0.15, 0.2) is 18.3 Å². The number of pyridine rings is 1. The van der Waals surface area contributed by atoms with Gasteiger partial charge in [0, 0.05) is 30.9 Å². The Kier molecular flexibility index (Phi) is 4.34. The van der Waals surface area contributed by atoms with Crippen LogP contribution < -0.4 is 4.74 Å². The van der Waals surface area contributed by atoms with Gasteiger partial charge in [0.15, 0.2) is 0 Å². The first-order valence-corrected chi connectivity index (χ1v) is 8.18. The van der Waals surface area contributed by atoms with E-state index in [1.54, 1.807) is 6.20 Å². The molecule has 1 aliphatic carbocycles. The number of hydrogen-bond donors (Lipinski definition) is 1. The third-order valence-electron chi connectivity index (χ3n) is 5.17. The number of ether oxygens (including phenoxy) is 1. The molecule has 1 saturated heterocycles. The fourth-order valence-corrected chi connectivity index (χ4v) is 3.73. The first-order valence-electron chi connectivity index (χ1n) is 8.18. The number of likely N-dealkylation sites (tertiary alicyclic amines) is 1. The molecule has 2 heterocycles. The van der Waals surface area contributed by atoms with Crippen molar-refractivity contribution >= 4 is 5.97 Å². The molecular weight excluding hydrogens is 280 g/mol. The predicted octanol–water partition coefficient (Wildman–Crippen LogP) is 2.70. The summed E-state index contributed by atoms with van der Waals surface area (Å²) in [6.07, 6.45) is 7.24. The SMILES string of the molecule is CCOc1cc(CN2CC(C(=O)O)CCC23CCC3)ccn1. The van der Waals surface area contributed by atoms with Gasteiger partial charge < -0.3 is 9.84 Å². The topological polar surface area (TPSA) is 62.7 Å². The van der Waals surface area contributed by atoms with Crippen molar-refractivity contribution in [1.82, 2.24) is 9.88 Å². The second-order valence-electron chi connectivity index (χ2n) is 6.47. The van der Waals surface area contributed by atoms with Gasteiger partial charge in [-0.2, -0.15) is 0 Å². The molecule has 0 radical (unpaired) electrons. The van der Waals surface area contributed by atoms with E-state index in [2.05, 4.69) is 9.88 Å². The first kappa shape index (κ1) is 15.3. The van der Waals surface area contributed by atoms with Crippen LogP contribution in [-0.2, 0) is 11.3 Å². The van der Waals surface area contributed by atoms with E-state index in [1.807, 2.05) is 19.1 Å². The van der Waals surface area contributed by atoms with Crippen LogP contribution in [0.1, 0.15) is 44.6 Å². The molecule has 2 aliphatic rings. The minimum Gasteiger partial charge on any atom is -0.481 e. The number of carbonyl (C=O) groups is 1. The quantitative estimate of drug-likeness (QED) is 0.906. The maximum absolute atomic E-state index is 11.4. The fraction of sp³-hybridized carbons (Fsp3) is 0.647. The molecule has 5 nitrogen and oxygen atoms in total. The van der Waals surface area contributed by atoms with Gasteiger partial charge in [-0.15, -0.1) is 0 Å². The van der Waals surface area contributed by atoms with Crippen molar-refractivity contribution in [2.75, 3.05) is 13.2 Å². The minimum atomic E-state index is -0.663. The molecule has 3 rings (SSSR count). The molecular formula is C17H24N2O3. The van der Waals surface area contributed by atoms with Crippen LogP contribution in [0.25, 0.3) is 0 Å². The normalized spacial score (nSPS) is 24.0. The fourth-order valence-electron chi connectivity index (χ4n) is 3.73. The summed E-state index contributed by atoms with van der Waals surface area (Å²) in [6.45, 7) is 3.99. The summed E-state index contributed by atoms with van der Waals surface area (Å²) >= 11 is 0. The van der Waals surface area contributed by atoms with Gasteiger partial charge in [-0.05, 0) is 50.7 Å². The molecule has 5 heteroatoms. The van der Waals surface area contributed by atoms with Crippen molar-refractivity contribution in [3.05, 3.63) is 23.9 Å². The maximum atomic E-state index is 11.4. The molecule has 1 atom stereocenters. The van der Waals surface area contributed by atoms with Crippen LogP contribution in [0, 0.1) is 5.92 Å². The number of aromatic nitrogens is 1. The highest BCUT2D eigenvalue weighted by atomic mass is 16.5. The summed E-state index contributed by atoms with van der Waals surface area (Å²) in [4.78, 5) is 17.9. The molecule has 1 unspecified atom stereocenters. The summed E-state index contributed by atoms with van der Waals surface area (Å²) in [5, 5.41) is 9.34. The van der Waals surface area contributed by atoms with Crippen molar-refractivity contribution in [2.45, 2.75) is 51.1 Å². The lowest BCUT2D eigenvalue weighted by Gasteiger charge is -2.54. The molecule has 1 N–H and O–H groups in total. The van der Waals surface area contributed by atoms with Crippen molar-refractivity contribution in [2.24, 2.45) is 5.92 Å². The van der Waals surface area contributed by atoms with Gasteiger partial charge in [-0.25, -0.2) is 4.98 Å². The van der Waals surface area contributed by atoms with E-state index in [-0.39, 0.29) is 11.5 Å². The van der Waals surface area contributed by atoms with Crippen molar-refractivity contribution in [3.8, 4) is 5.88 Å². The van der Waals surface area contributed by atoms with E-state index in [0.717, 1.165) is 24.9 Å². The Balaban J connectivity index is 1.75. The monoisotopic (exact) mass is 304 g/mol. The second-order valence-corrected chi connectivity index (χ2v) is 6.47. The standard InChI is InChI=1S/C17H24N2O3/c1-2-22-15-10-13(5-9-18-15)11-19-12-14(16(20)21)4-8-17(19)6-3-7-17/h5,9-10,14H,2-4,6-8,11-12H2,1H3,(H,20,21). The molecule has 0 bridgehead atoms. The van der Waals surface area contributed by atoms with E-state index in [0.29, 0.717) is 19.0 Å². The number of rotatable bonds is 5. The van der Waals surface area contributed by atoms with Crippen molar-refractivity contribution < 1.29 is 14.6 Å². The third kappa shape index (κ3) is 2.95. The lowest BCUT2D eigenvalue weighted by Crippen LogP contribution is -2.58. The van der Waals surface area contributed by atoms with E-state index in [9.17, 15) is 9.90 Å². The number of carboxylic acid groups (broad SMARTS) is 1. The Bertz CT molecular complexity index is 542. The molecule has 1 aromatic heterocycles. The van der Waals surface area contributed by atoms with Crippen LogP contribution in [0.5, 0.6) is 5.88 Å². The lowest BCUT2D eigenvalue weighted by atomic mass is 9.68. The van der Waals surface area contributed by atoms with E-state index < -0.39 is 5.97 Å². The highest BCUT2D eigenvalue weighted by Crippen LogP contribution is 2.46. The maximum Gasteiger partial charge on any atom is 0.307 e. The van der Waals surface area contributed by atoms with Gasteiger partial charge >= 0.3 is 5.97 Å². The Morgan fingerprint density at radius 3 is 2.95 bits per heavy atom. The van der Waals surface area contributed by atoms with Gasteiger partial charge in [0.2, 0.25) is 5.88 Å². The molecule has 2 fully saturated rings. The zero-order valence-electron chi connectivity index (χ0n) is 13.1. The van der Waals surface area contributed by atoms with Crippen LogP contribution >= 0.6 is 0 Å². The van der Waals surface area contributed by atoms with Crippen LogP contribution in [0.2, 0.25) is 0 Å². The number of carboxylic acids is 1. The summed E-state index contributed by atoms with van der Waals surface area (Å²) in [5.74, 6) is -0.252. The molecule has 1 saturated carbocycles. The highest BCUT2D eigenvalue weighted by Gasteiger charge is 2.46. The zero-order chi connectivity index (χ0) is 15.6. The molecule has 1 aromatic rings. The third-order valence-corrected chi connectivity index (χ3v) is 5.17. The first-order chi connectivity index (χ1) is 10.6. The molecule has 22 heavy (non-hydrogen) atoms. The molecule has 0 aromatic carbocycles. The average molecular weight is 304 g/mol. The van der Waals surface area contributed by atoms with Gasteiger partial charge in [0.25, 0.3) is 0 Å². The Hall–Kier alpha value is -1.62. The molecule has 0 amide bonds. The van der Waals surface area contributed by atoms with Gasteiger partial charge in [0.05, 0.1) is 12.5 Å². The second kappa shape index (κ2) is 6.24. The smallest absolute Gasteiger partial charge is 0.307 e. The summed E-state index contributed by atoms with van der Waals surface area (Å²) in [5.41, 5.74) is 1.39. The van der Waals surface area contributed by atoms with Gasteiger partial charge in [0.1, 0.15) is 0 Å². The summed E-state index contributed by atoms with van der Waals surface area (Å²) in [6, 6.07) is 3.97. The summed E-state index contributed by atoms with van der Waals surface area (Å²) < 4.78 is 5.46. The lowest BCUT2D eigenvalue weighted by molar-refractivity contribution is -0.147. The van der Waals surface area contributed by atoms with Crippen molar-refractivity contribution in [3.63, 3.8) is 0 Å². The Labute approximate surface area is 131 Å². The van der Waals surface area contributed by atoms with Gasteiger partial charge in [-0.1, -0.05) is 0 Å². The number of hydrogen-bond acceptors (Lipinski definition) is 4. The van der Waals surface area contributed by atoms with Gasteiger partial charge in [-0.3, -0.25) is 9.69 Å². The van der Waals surface area contributed by atoms with Crippen molar-refractivity contribution in [1.29, 1.82) is 0 Å². The van der Waals surface area contributed by atoms with Crippen LogP contribution in [0.4, 0.5) is 0 Å².